The molecule has 3 nitrogen and oxygen atoms in total. The van der Waals surface area contributed by atoms with E-state index in [2.05, 4.69) is 18.8 Å². The van der Waals surface area contributed by atoms with Crippen molar-refractivity contribution in [3.8, 4) is 0 Å². The van der Waals surface area contributed by atoms with Crippen LogP contribution in [0.15, 0.2) is 40.6 Å². The average Bonchev–Trinajstić information content (AvgIpc) is 2.36. The van der Waals surface area contributed by atoms with Gasteiger partial charge in [0, 0.05) is 19.1 Å². The molecular formula is C18H23NO2. The van der Waals surface area contributed by atoms with Crippen molar-refractivity contribution in [2.45, 2.75) is 46.5 Å². The minimum absolute atomic E-state index is 0.0328. The highest BCUT2D eigenvalue weighted by atomic mass is 16.3. The molecule has 0 heterocycles. The second-order valence-electron chi connectivity index (χ2n) is 6.77. The zero-order valence-electron chi connectivity index (χ0n) is 13.2. The molecule has 1 N–H and O–H groups in total. The highest BCUT2D eigenvalue weighted by Crippen LogP contribution is 2.35. The largest absolute Gasteiger partial charge is 0.511 e. The Kier molecular flexibility index (Phi) is 4.31. The number of aliphatic hydroxyl groups is 1. The highest BCUT2D eigenvalue weighted by molar-refractivity contribution is 6.14. The van der Waals surface area contributed by atoms with Gasteiger partial charge in [-0.05, 0) is 23.0 Å². The summed E-state index contributed by atoms with van der Waals surface area (Å²) >= 11 is 0. The first kappa shape index (κ1) is 15.5. The molecule has 0 saturated carbocycles. The Labute approximate surface area is 126 Å². The molecule has 0 atom stereocenters. The molecule has 0 amide bonds. The number of nitrogens with zero attached hydrogens (tertiary/aromatic N) is 1. The lowest BCUT2D eigenvalue weighted by molar-refractivity contribution is -0.117. The summed E-state index contributed by atoms with van der Waals surface area (Å²) in [4.78, 5) is 16.6. The van der Waals surface area contributed by atoms with Crippen molar-refractivity contribution in [1.82, 2.24) is 0 Å². The first-order chi connectivity index (χ1) is 9.80. The predicted molar refractivity (Wildman–Crippen MR) is 86.4 cm³/mol. The van der Waals surface area contributed by atoms with Crippen molar-refractivity contribution in [1.29, 1.82) is 0 Å². The monoisotopic (exact) mass is 285 g/mol. The van der Waals surface area contributed by atoms with Gasteiger partial charge in [-0.25, -0.2) is 0 Å². The van der Waals surface area contributed by atoms with Gasteiger partial charge in [0.15, 0.2) is 5.78 Å². The van der Waals surface area contributed by atoms with E-state index < -0.39 is 0 Å². The summed E-state index contributed by atoms with van der Waals surface area (Å²) in [7, 11) is 0. The van der Waals surface area contributed by atoms with Crippen LogP contribution in [0.1, 0.15) is 52.0 Å². The van der Waals surface area contributed by atoms with E-state index >= 15 is 0 Å². The van der Waals surface area contributed by atoms with Crippen molar-refractivity contribution in [3.63, 3.8) is 0 Å². The number of aliphatic hydroxyl groups excluding tert-OH is 1. The van der Waals surface area contributed by atoms with Gasteiger partial charge in [-0.1, -0.05) is 45.9 Å². The zero-order valence-corrected chi connectivity index (χ0v) is 13.2. The maximum absolute atomic E-state index is 12.2. The molecule has 0 spiro atoms. The summed E-state index contributed by atoms with van der Waals surface area (Å²) in [5, 5.41) is 10.1. The molecule has 2 rings (SSSR count). The molecule has 1 aromatic carbocycles. The maximum atomic E-state index is 12.2. The third-order valence-corrected chi connectivity index (χ3v) is 3.79. The van der Waals surface area contributed by atoms with Crippen LogP contribution in [0.5, 0.6) is 0 Å². The number of hydrogen-bond acceptors (Lipinski definition) is 3. The second kappa shape index (κ2) is 5.84. The minimum atomic E-state index is -0.172. The fourth-order valence-corrected chi connectivity index (χ4v) is 2.68. The Balaban J connectivity index is 2.32. The van der Waals surface area contributed by atoms with E-state index in [4.69, 9.17) is 0 Å². The fraction of sp³-hybridized carbons (Fsp3) is 0.444. The summed E-state index contributed by atoms with van der Waals surface area (Å²) in [5.41, 5.74) is 2.17. The quantitative estimate of drug-likeness (QED) is 0.817. The Hall–Kier alpha value is -1.90. The molecule has 0 aliphatic heterocycles. The molecule has 0 aromatic heterocycles. The molecule has 0 radical (unpaired) electrons. The van der Waals surface area contributed by atoms with Gasteiger partial charge in [0.2, 0.25) is 0 Å². The normalized spacial score (nSPS) is 18.8. The molecule has 0 unspecified atom stereocenters. The van der Waals surface area contributed by atoms with Gasteiger partial charge in [-0.15, -0.1) is 0 Å². The molecule has 0 fully saturated rings. The van der Waals surface area contributed by atoms with Crippen LogP contribution in [-0.4, -0.2) is 17.1 Å². The van der Waals surface area contributed by atoms with Crippen molar-refractivity contribution in [3.05, 3.63) is 41.2 Å². The molecule has 21 heavy (non-hydrogen) atoms. The maximum Gasteiger partial charge on any atom is 0.168 e. The summed E-state index contributed by atoms with van der Waals surface area (Å²) in [5.74, 6) is 0.485. The van der Waals surface area contributed by atoms with Crippen LogP contribution in [0.25, 0.3) is 0 Å². The van der Waals surface area contributed by atoms with Crippen LogP contribution in [0, 0.1) is 5.41 Å². The molecular weight excluding hydrogens is 262 g/mol. The summed E-state index contributed by atoms with van der Waals surface area (Å²) in [6.45, 7) is 8.20. The number of carbonyl (C=O) groups is 1. The first-order valence-corrected chi connectivity index (χ1v) is 7.38. The molecule has 1 aromatic rings. The van der Waals surface area contributed by atoms with E-state index in [1.165, 1.54) is 6.21 Å². The Morgan fingerprint density at radius 1 is 1.24 bits per heavy atom. The Morgan fingerprint density at radius 2 is 1.90 bits per heavy atom. The van der Waals surface area contributed by atoms with Gasteiger partial charge in [-0.2, -0.15) is 0 Å². The molecule has 112 valence electrons. The smallest absolute Gasteiger partial charge is 0.168 e. The standard InChI is InChI=1S/C18H23NO2/c1-12(2)13-7-5-6-8-15(13)19-11-14-16(20)9-18(3,4)10-17(14)21/h5-8,11-12,20H,9-10H2,1-4H3. The average molecular weight is 285 g/mol. The van der Waals surface area contributed by atoms with Crippen molar-refractivity contribution in [2.75, 3.05) is 0 Å². The van der Waals surface area contributed by atoms with Gasteiger partial charge in [-0.3, -0.25) is 9.79 Å². The molecule has 3 heteroatoms. The molecule has 0 saturated heterocycles. The Bertz CT molecular complexity index is 609. The van der Waals surface area contributed by atoms with Crippen molar-refractivity contribution < 1.29 is 9.90 Å². The summed E-state index contributed by atoms with van der Waals surface area (Å²) < 4.78 is 0. The number of carbonyl (C=O) groups excluding carboxylic acids is 1. The van der Waals surface area contributed by atoms with E-state index in [1.807, 2.05) is 38.1 Å². The second-order valence-corrected chi connectivity index (χ2v) is 6.77. The molecule has 0 bridgehead atoms. The number of hydrogen-bond donors (Lipinski definition) is 1. The van der Waals surface area contributed by atoms with Crippen LogP contribution in [0.4, 0.5) is 5.69 Å². The number of Topliss-reactive ketones (excluding diaryl/α,β-unsaturated/α-hetero) is 1. The van der Waals surface area contributed by atoms with Crippen molar-refractivity contribution >= 4 is 17.7 Å². The number of ketones is 1. The van der Waals surface area contributed by atoms with Crippen LogP contribution < -0.4 is 0 Å². The lowest BCUT2D eigenvalue weighted by atomic mass is 9.77. The molecule has 1 aliphatic rings. The lowest BCUT2D eigenvalue weighted by Crippen LogP contribution is -2.26. The highest BCUT2D eigenvalue weighted by Gasteiger charge is 2.32. The number of benzene rings is 1. The summed E-state index contributed by atoms with van der Waals surface area (Å²) in [6, 6.07) is 7.88. The SMILES string of the molecule is CC(C)c1ccccc1N=CC1=C(O)CC(C)(C)CC1=O. The number of para-hydroxylation sites is 1. The van der Waals surface area contributed by atoms with Gasteiger partial charge >= 0.3 is 0 Å². The van der Waals surface area contributed by atoms with E-state index in [0.717, 1.165) is 11.3 Å². The van der Waals surface area contributed by atoms with E-state index in [0.29, 0.717) is 24.3 Å². The van der Waals surface area contributed by atoms with Crippen LogP contribution in [0.3, 0.4) is 0 Å². The van der Waals surface area contributed by atoms with Crippen LogP contribution >= 0.6 is 0 Å². The van der Waals surface area contributed by atoms with Gasteiger partial charge in [0.25, 0.3) is 0 Å². The Morgan fingerprint density at radius 3 is 2.52 bits per heavy atom. The predicted octanol–water partition coefficient (Wildman–Crippen LogP) is 4.71. The van der Waals surface area contributed by atoms with E-state index in [9.17, 15) is 9.90 Å². The van der Waals surface area contributed by atoms with Crippen molar-refractivity contribution in [2.24, 2.45) is 10.4 Å². The van der Waals surface area contributed by atoms with Gasteiger partial charge < -0.3 is 5.11 Å². The third-order valence-electron chi connectivity index (χ3n) is 3.79. The molecule has 1 aliphatic carbocycles. The van der Waals surface area contributed by atoms with Crippen LogP contribution in [0.2, 0.25) is 0 Å². The topological polar surface area (TPSA) is 49.7 Å². The van der Waals surface area contributed by atoms with Gasteiger partial charge in [0.05, 0.1) is 11.3 Å². The number of aliphatic imine (C=N–C) groups is 1. The third kappa shape index (κ3) is 3.60. The van der Waals surface area contributed by atoms with Gasteiger partial charge in [0.1, 0.15) is 5.76 Å². The lowest BCUT2D eigenvalue weighted by Gasteiger charge is -2.28. The summed E-state index contributed by atoms with van der Waals surface area (Å²) in [6.07, 6.45) is 2.49. The van der Waals surface area contributed by atoms with Crippen LogP contribution in [-0.2, 0) is 4.79 Å². The fourth-order valence-electron chi connectivity index (χ4n) is 2.68. The number of allylic oxidation sites excluding steroid dienone is 2. The van der Waals surface area contributed by atoms with E-state index in [-0.39, 0.29) is 17.0 Å². The number of rotatable bonds is 3. The first-order valence-electron chi connectivity index (χ1n) is 7.38. The minimum Gasteiger partial charge on any atom is -0.511 e. The van der Waals surface area contributed by atoms with E-state index in [1.54, 1.807) is 0 Å². The zero-order chi connectivity index (χ0) is 15.6.